The predicted molar refractivity (Wildman–Crippen MR) is 60.6 cm³/mol. The highest BCUT2D eigenvalue weighted by Gasteiger charge is 2.04. The third-order valence-corrected chi connectivity index (χ3v) is 2.53. The summed E-state index contributed by atoms with van der Waals surface area (Å²) in [5.74, 6) is -0.420. The Hall–Kier alpha value is -2.12. The van der Waals surface area contributed by atoms with Crippen LogP contribution in [0.3, 0.4) is 0 Å². The zero-order chi connectivity index (χ0) is 12.3. The average Bonchev–Trinajstić information content (AvgIpc) is 2.75. The van der Waals surface area contributed by atoms with E-state index >= 15 is 0 Å². The van der Waals surface area contributed by atoms with E-state index in [2.05, 4.69) is 0 Å². The van der Waals surface area contributed by atoms with Crippen molar-refractivity contribution in [3.63, 3.8) is 0 Å². The molecule has 1 heterocycles. The largest absolute Gasteiger partial charge is 0.390 e. The topological polar surface area (TPSA) is 49.0 Å². The summed E-state index contributed by atoms with van der Waals surface area (Å²) in [7, 11) is 0. The number of benzene rings is 1. The van der Waals surface area contributed by atoms with Gasteiger partial charge in [0.05, 0.1) is 18.2 Å². The second-order valence-electron chi connectivity index (χ2n) is 3.75. The van der Waals surface area contributed by atoms with Crippen molar-refractivity contribution < 1.29 is 9.50 Å². The fourth-order valence-corrected chi connectivity index (χ4v) is 1.75. The standard InChI is InChI=1S/C13H11FN2O/c14-12-5-10(7-15)4-11(6-12)8-16-3-1-2-13(16)9-17/h1-6,17H,8-9H2. The molecule has 0 aliphatic rings. The van der Waals surface area contributed by atoms with Gasteiger partial charge in [-0.1, -0.05) is 0 Å². The van der Waals surface area contributed by atoms with E-state index in [0.717, 1.165) is 5.69 Å². The van der Waals surface area contributed by atoms with E-state index in [-0.39, 0.29) is 6.61 Å². The highest BCUT2D eigenvalue weighted by Crippen LogP contribution is 2.12. The van der Waals surface area contributed by atoms with Gasteiger partial charge in [-0.25, -0.2) is 4.39 Å². The molecule has 0 atom stereocenters. The van der Waals surface area contributed by atoms with Crippen LogP contribution in [0.5, 0.6) is 0 Å². The lowest BCUT2D eigenvalue weighted by atomic mass is 10.1. The summed E-state index contributed by atoms with van der Waals surface area (Å²) >= 11 is 0. The molecular weight excluding hydrogens is 219 g/mol. The molecular formula is C13H11FN2O. The molecule has 0 spiro atoms. The lowest BCUT2D eigenvalue weighted by Crippen LogP contribution is -2.03. The second kappa shape index (κ2) is 4.81. The van der Waals surface area contributed by atoms with E-state index < -0.39 is 5.82 Å². The highest BCUT2D eigenvalue weighted by molar-refractivity contribution is 5.34. The molecule has 0 aliphatic heterocycles. The van der Waals surface area contributed by atoms with Gasteiger partial charge in [0, 0.05) is 18.4 Å². The van der Waals surface area contributed by atoms with Crippen LogP contribution in [0.15, 0.2) is 36.5 Å². The van der Waals surface area contributed by atoms with Gasteiger partial charge in [0.25, 0.3) is 0 Å². The zero-order valence-electron chi connectivity index (χ0n) is 9.10. The Kier molecular flexibility index (Phi) is 3.22. The van der Waals surface area contributed by atoms with Gasteiger partial charge in [0.1, 0.15) is 5.82 Å². The third kappa shape index (κ3) is 2.52. The minimum Gasteiger partial charge on any atom is -0.390 e. The fraction of sp³-hybridized carbons (Fsp3) is 0.154. The molecule has 0 unspecified atom stereocenters. The van der Waals surface area contributed by atoms with Gasteiger partial charge in [0.15, 0.2) is 0 Å². The monoisotopic (exact) mass is 230 g/mol. The summed E-state index contributed by atoms with van der Waals surface area (Å²) in [4.78, 5) is 0. The number of nitriles is 1. The van der Waals surface area contributed by atoms with E-state index in [4.69, 9.17) is 10.4 Å². The van der Waals surface area contributed by atoms with Gasteiger partial charge in [-0.05, 0) is 35.9 Å². The lowest BCUT2D eigenvalue weighted by molar-refractivity contribution is 0.271. The first-order valence-corrected chi connectivity index (χ1v) is 5.17. The van der Waals surface area contributed by atoms with Gasteiger partial charge in [0.2, 0.25) is 0 Å². The molecule has 86 valence electrons. The van der Waals surface area contributed by atoms with Crippen LogP contribution in [0.1, 0.15) is 16.8 Å². The van der Waals surface area contributed by atoms with Crippen LogP contribution in [0, 0.1) is 17.1 Å². The first-order valence-electron chi connectivity index (χ1n) is 5.17. The molecule has 4 heteroatoms. The highest BCUT2D eigenvalue weighted by atomic mass is 19.1. The van der Waals surface area contributed by atoms with Gasteiger partial charge < -0.3 is 9.67 Å². The van der Waals surface area contributed by atoms with Crippen molar-refractivity contribution in [3.8, 4) is 6.07 Å². The first-order chi connectivity index (χ1) is 8.22. The summed E-state index contributed by atoms with van der Waals surface area (Å²) in [5.41, 5.74) is 1.76. The van der Waals surface area contributed by atoms with Crippen molar-refractivity contribution in [3.05, 3.63) is 59.2 Å². The predicted octanol–water partition coefficient (Wildman–Crippen LogP) is 2.04. The van der Waals surface area contributed by atoms with Crippen LogP contribution in [0.4, 0.5) is 4.39 Å². The fourth-order valence-electron chi connectivity index (χ4n) is 1.75. The Morgan fingerprint density at radius 2 is 2.18 bits per heavy atom. The molecule has 0 aliphatic carbocycles. The van der Waals surface area contributed by atoms with Crippen molar-refractivity contribution >= 4 is 0 Å². The van der Waals surface area contributed by atoms with Crippen LogP contribution in [-0.4, -0.2) is 9.67 Å². The SMILES string of the molecule is N#Cc1cc(F)cc(Cn2cccc2CO)c1. The van der Waals surface area contributed by atoms with Crippen LogP contribution in [0.2, 0.25) is 0 Å². The summed E-state index contributed by atoms with van der Waals surface area (Å²) in [5, 5.41) is 17.8. The normalized spacial score (nSPS) is 10.2. The Labute approximate surface area is 98.4 Å². The van der Waals surface area contributed by atoms with Crippen molar-refractivity contribution in [2.75, 3.05) is 0 Å². The molecule has 0 bridgehead atoms. The van der Waals surface area contributed by atoms with E-state index in [1.807, 2.05) is 22.9 Å². The van der Waals surface area contributed by atoms with Gasteiger partial charge >= 0.3 is 0 Å². The van der Waals surface area contributed by atoms with E-state index in [1.165, 1.54) is 12.1 Å². The van der Waals surface area contributed by atoms with Crippen molar-refractivity contribution in [2.45, 2.75) is 13.2 Å². The summed E-state index contributed by atoms with van der Waals surface area (Å²) in [6.07, 6.45) is 1.81. The molecule has 1 aromatic heterocycles. The Balaban J connectivity index is 2.30. The molecule has 3 nitrogen and oxygen atoms in total. The average molecular weight is 230 g/mol. The Morgan fingerprint density at radius 1 is 1.35 bits per heavy atom. The van der Waals surface area contributed by atoms with Gasteiger partial charge in [-0.15, -0.1) is 0 Å². The van der Waals surface area contributed by atoms with Crippen molar-refractivity contribution in [1.29, 1.82) is 5.26 Å². The van der Waals surface area contributed by atoms with Crippen LogP contribution in [-0.2, 0) is 13.2 Å². The number of aromatic nitrogens is 1. The molecule has 1 aromatic carbocycles. The third-order valence-electron chi connectivity index (χ3n) is 2.53. The molecule has 1 N–H and O–H groups in total. The Bertz CT molecular complexity index is 569. The van der Waals surface area contributed by atoms with E-state index in [0.29, 0.717) is 17.7 Å². The zero-order valence-corrected chi connectivity index (χ0v) is 9.10. The molecule has 17 heavy (non-hydrogen) atoms. The molecule has 2 aromatic rings. The van der Waals surface area contributed by atoms with Crippen molar-refractivity contribution in [2.24, 2.45) is 0 Å². The molecule has 2 rings (SSSR count). The summed E-state index contributed by atoms with van der Waals surface area (Å²) < 4.78 is 15.0. The van der Waals surface area contributed by atoms with E-state index in [1.54, 1.807) is 12.1 Å². The van der Waals surface area contributed by atoms with Crippen molar-refractivity contribution in [1.82, 2.24) is 4.57 Å². The maximum Gasteiger partial charge on any atom is 0.124 e. The number of hydrogen-bond donors (Lipinski definition) is 1. The molecule has 0 radical (unpaired) electrons. The van der Waals surface area contributed by atoms with Crippen LogP contribution >= 0.6 is 0 Å². The number of aliphatic hydroxyl groups excluding tert-OH is 1. The molecule has 0 fully saturated rings. The maximum absolute atomic E-state index is 13.2. The first kappa shape index (κ1) is 11.4. The van der Waals surface area contributed by atoms with Crippen LogP contribution < -0.4 is 0 Å². The maximum atomic E-state index is 13.2. The molecule has 0 saturated heterocycles. The van der Waals surface area contributed by atoms with Gasteiger partial charge in [-0.3, -0.25) is 0 Å². The minimum absolute atomic E-state index is 0.0621. The Morgan fingerprint density at radius 3 is 2.88 bits per heavy atom. The lowest BCUT2D eigenvalue weighted by Gasteiger charge is -2.08. The summed E-state index contributed by atoms with van der Waals surface area (Å²) in [6.45, 7) is 0.378. The van der Waals surface area contributed by atoms with Crippen LogP contribution in [0.25, 0.3) is 0 Å². The number of nitrogens with zero attached hydrogens (tertiary/aromatic N) is 2. The number of aliphatic hydroxyl groups is 1. The second-order valence-corrected chi connectivity index (χ2v) is 3.75. The molecule has 0 saturated carbocycles. The number of halogens is 1. The van der Waals surface area contributed by atoms with Gasteiger partial charge in [-0.2, -0.15) is 5.26 Å². The quantitative estimate of drug-likeness (QED) is 0.877. The smallest absolute Gasteiger partial charge is 0.124 e. The molecule has 0 amide bonds. The van der Waals surface area contributed by atoms with E-state index in [9.17, 15) is 4.39 Å². The minimum atomic E-state index is -0.420. The number of rotatable bonds is 3. The summed E-state index contributed by atoms with van der Waals surface area (Å²) in [6, 6.07) is 9.76. The number of hydrogen-bond acceptors (Lipinski definition) is 2.